The Morgan fingerprint density at radius 2 is 2.08 bits per heavy atom. The van der Waals surface area contributed by atoms with Crippen molar-refractivity contribution in [2.75, 3.05) is 24.8 Å². The number of nitrogens with one attached hydrogen (secondary N) is 1. The van der Waals surface area contributed by atoms with Crippen LogP contribution in [0, 0.1) is 5.82 Å². The minimum absolute atomic E-state index is 0.178. The van der Waals surface area contributed by atoms with Gasteiger partial charge in [0.1, 0.15) is 24.1 Å². The van der Waals surface area contributed by atoms with Gasteiger partial charge in [-0.3, -0.25) is 0 Å². The number of anilines is 3. The molecular formula is C18H19FN4O3. The number of aliphatic hydroxyl groups is 1. The van der Waals surface area contributed by atoms with Crippen molar-refractivity contribution in [1.82, 2.24) is 9.97 Å². The summed E-state index contributed by atoms with van der Waals surface area (Å²) in [6, 6.07) is 7.78. The van der Waals surface area contributed by atoms with Crippen LogP contribution in [-0.4, -0.2) is 34.9 Å². The fourth-order valence-electron chi connectivity index (χ4n) is 2.47. The Morgan fingerprint density at radius 3 is 2.77 bits per heavy atom. The molecule has 0 saturated carbocycles. The number of hydrogen-bond acceptors (Lipinski definition) is 7. The Hall–Kier alpha value is -3.13. The van der Waals surface area contributed by atoms with E-state index in [1.807, 2.05) is 0 Å². The minimum atomic E-state index is -0.508. The molecule has 0 unspecified atom stereocenters. The topological polar surface area (TPSA) is 103 Å². The first-order valence-electron chi connectivity index (χ1n) is 7.94. The van der Waals surface area contributed by atoms with Crippen LogP contribution in [0.15, 0.2) is 36.7 Å². The molecule has 4 N–H and O–H groups in total. The van der Waals surface area contributed by atoms with Gasteiger partial charge >= 0.3 is 0 Å². The maximum absolute atomic E-state index is 14.2. The lowest BCUT2D eigenvalue weighted by Crippen LogP contribution is -2.17. The van der Waals surface area contributed by atoms with Crippen molar-refractivity contribution in [2.24, 2.45) is 0 Å². The number of aliphatic hydroxyl groups excluding tert-OH is 1. The van der Waals surface area contributed by atoms with E-state index in [2.05, 4.69) is 15.3 Å². The van der Waals surface area contributed by atoms with E-state index in [0.717, 1.165) is 0 Å². The number of nitrogen functional groups attached to an aromatic ring is 1. The van der Waals surface area contributed by atoms with Crippen LogP contribution in [0.4, 0.5) is 21.6 Å². The lowest BCUT2D eigenvalue weighted by atomic mass is 10.2. The molecule has 0 saturated heterocycles. The van der Waals surface area contributed by atoms with E-state index >= 15 is 0 Å². The van der Waals surface area contributed by atoms with Crippen molar-refractivity contribution in [3.8, 4) is 11.5 Å². The molecule has 26 heavy (non-hydrogen) atoms. The summed E-state index contributed by atoms with van der Waals surface area (Å²) in [5.74, 6) is 0.655. The van der Waals surface area contributed by atoms with E-state index in [9.17, 15) is 9.50 Å². The molecule has 0 aliphatic heterocycles. The van der Waals surface area contributed by atoms with E-state index < -0.39 is 11.9 Å². The van der Waals surface area contributed by atoms with E-state index in [4.69, 9.17) is 15.2 Å². The van der Waals surface area contributed by atoms with Crippen molar-refractivity contribution >= 4 is 28.1 Å². The highest BCUT2D eigenvalue weighted by Gasteiger charge is 2.18. The second kappa shape index (κ2) is 7.40. The van der Waals surface area contributed by atoms with Crippen molar-refractivity contribution in [1.29, 1.82) is 0 Å². The Labute approximate surface area is 149 Å². The molecular weight excluding hydrogens is 339 g/mol. The van der Waals surface area contributed by atoms with Gasteiger partial charge < -0.3 is 25.6 Å². The molecule has 3 rings (SSSR count). The van der Waals surface area contributed by atoms with E-state index in [1.165, 1.54) is 25.6 Å². The summed E-state index contributed by atoms with van der Waals surface area (Å²) in [6.07, 6.45) is 0.891. The molecule has 136 valence electrons. The van der Waals surface area contributed by atoms with Crippen LogP contribution in [0.3, 0.4) is 0 Å². The van der Waals surface area contributed by atoms with Crippen molar-refractivity contribution < 1.29 is 19.0 Å². The smallest absolute Gasteiger partial charge is 0.174 e. The van der Waals surface area contributed by atoms with E-state index in [0.29, 0.717) is 33.9 Å². The summed E-state index contributed by atoms with van der Waals surface area (Å²) in [7, 11) is 1.51. The van der Waals surface area contributed by atoms with Crippen LogP contribution < -0.4 is 20.5 Å². The van der Waals surface area contributed by atoms with Gasteiger partial charge in [-0.15, -0.1) is 0 Å². The standard InChI is InChI=1S/C18H19FN4O3/c1-10(8-24)26-17-15(25-2)6-5-14-16(17)18(22-9-21-14)23-13-4-3-11(20)7-12(13)19/h3-7,9-10,24H,8,20H2,1-2H3,(H,21,22,23)/t10-/m1/s1. The monoisotopic (exact) mass is 358 g/mol. The number of aromatic nitrogens is 2. The fraction of sp³-hybridized carbons (Fsp3) is 0.222. The highest BCUT2D eigenvalue weighted by Crippen LogP contribution is 2.39. The molecule has 8 heteroatoms. The number of rotatable bonds is 6. The lowest BCUT2D eigenvalue weighted by molar-refractivity contribution is 0.128. The summed E-state index contributed by atoms with van der Waals surface area (Å²) in [5.41, 5.74) is 6.71. The number of methoxy groups -OCH3 is 1. The number of ether oxygens (including phenoxy) is 2. The number of benzene rings is 2. The average Bonchev–Trinajstić information content (AvgIpc) is 2.64. The number of nitrogens with zero attached hydrogens (tertiary/aromatic N) is 2. The predicted octanol–water partition coefficient (Wildman–Crippen LogP) is 2.86. The molecule has 0 aliphatic rings. The molecule has 1 heterocycles. The lowest BCUT2D eigenvalue weighted by Gasteiger charge is -2.18. The van der Waals surface area contributed by atoms with E-state index in [-0.39, 0.29) is 12.3 Å². The second-order valence-electron chi connectivity index (χ2n) is 5.69. The minimum Gasteiger partial charge on any atom is -0.493 e. The summed E-state index contributed by atoms with van der Waals surface area (Å²) >= 11 is 0. The molecule has 0 fully saturated rings. The zero-order chi connectivity index (χ0) is 18.7. The van der Waals surface area contributed by atoms with Crippen LogP contribution >= 0.6 is 0 Å². The molecule has 0 radical (unpaired) electrons. The molecule has 0 bridgehead atoms. The van der Waals surface area contributed by atoms with Gasteiger partial charge in [0.25, 0.3) is 0 Å². The Morgan fingerprint density at radius 1 is 1.27 bits per heavy atom. The van der Waals surface area contributed by atoms with Gasteiger partial charge in [0.05, 0.1) is 30.3 Å². The first-order chi connectivity index (χ1) is 12.5. The molecule has 2 aromatic carbocycles. The second-order valence-corrected chi connectivity index (χ2v) is 5.69. The zero-order valence-electron chi connectivity index (χ0n) is 14.4. The molecule has 7 nitrogen and oxygen atoms in total. The van der Waals surface area contributed by atoms with Gasteiger partial charge in [-0.05, 0) is 37.3 Å². The molecule has 0 amide bonds. The molecule has 1 atom stereocenters. The fourth-order valence-corrected chi connectivity index (χ4v) is 2.47. The maximum Gasteiger partial charge on any atom is 0.174 e. The molecule has 0 aliphatic carbocycles. The summed E-state index contributed by atoms with van der Waals surface area (Å²) in [5, 5.41) is 12.8. The third-order valence-corrected chi connectivity index (χ3v) is 3.76. The van der Waals surface area contributed by atoms with Gasteiger partial charge in [-0.1, -0.05) is 0 Å². The first-order valence-corrected chi connectivity index (χ1v) is 7.94. The van der Waals surface area contributed by atoms with E-state index in [1.54, 1.807) is 25.1 Å². The molecule has 1 aromatic heterocycles. The SMILES string of the molecule is COc1ccc2ncnc(Nc3ccc(N)cc3F)c2c1O[C@H](C)CO. The van der Waals surface area contributed by atoms with Crippen molar-refractivity contribution in [3.05, 3.63) is 42.5 Å². The third kappa shape index (κ3) is 3.45. The third-order valence-electron chi connectivity index (χ3n) is 3.76. The maximum atomic E-state index is 14.2. The van der Waals surface area contributed by atoms with Crippen molar-refractivity contribution in [3.63, 3.8) is 0 Å². The van der Waals surface area contributed by atoms with Gasteiger partial charge in [-0.2, -0.15) is 0 Å². The first kappa shape index (κ1) is 17.7. The van der Waals surface area contributed by atoms with Crippen molar-refractivity contribution in [2.45, 2.75) is 13.0 Å². The number of halogens is 1. The molecule has 0 spiro atoms. The summed E-state index contributed by atoms with van der Waals surface area (Å²) < 4.78 is 25.4. The Balaban J connectivity index is 2.15. The number of nitrogens with two attached hydrogens (primary N) is 1. The van der Waals surface area contributed by atoms with Crippen LogP contribution in [0.25, 0.3) is 10.9 Å². The molecule has 3 aromatic rings. The highest BCUT2D eigenvalue weighted by atomic mass is 19.1. The number of hydrogen-bond donors (Lipinski definition) is 3. The van der Waals surface area contributed by atoms with Crippen LogP contribution in [0.2, 0.25) is 0 Å². The van der Waals surface area contributed by atoms with Crippen LogP contribution in [-0.2, 0) is 0 Å². The zero-order valence-corrected chi connectivity index (χ0v) is 14.4. The largest absolute Gasteiger partial charge is 0.493 e. The van der Waals surface area contributed by atoms with Crippen LogP contribution in [0.1, 0.15) is 6.92 Å². The van der Waals surface area contributed by atoms with Crippen LogP contribution in [0.5, 0.6) is 11.5 Å². The average molecular weight is 358 g/mol. The highest BCUT2D eigenvalue weighted by molar-refractivity contribution is 5.97. The predicted molar refractivity (Wildman–Crippen MR) is 97.4 cm³/mol. The Bertz CT molecular complexity index is 936. The normalized spacial score (nSPS) is 12.0. The summed E-state index contributed by atoms with van der Waals surface area (Å²) in [4.78, 5) is 8.44. The number of fused-ring (bicyclic) bond motifs is 1. The Kier molecular flexibility index (Phi) is 5.04. The van der Waals surface area contributed by atoms with Gasteiger partial charge in [0.2, 0.25) is 0 Å². The van der Waals surface area contributed by atoms with Gasteiger partial charge in [-0.25, -0.2) is 14.4 Å². The quantitative estimate of drug-likeness (QED) is 0.582. The van der Waals surface area contributed by atoms with Gasteiger partial charge in [0.15, 0.2) is 11.5 Å². The van der Waals surface area contributed by atoms with Gasteiger partial charge in [0, 0.05) is 5.69 Å². The summed E-state index contributed by atoms with van der Waals surface area (Å²) in [6.45, 7) is 1.54.